The monoisotopic (exact) mass is 260 g/mol. The molecule has 0 radical (unpaired) electrons. The lowest BCUT2D eigenvalue weighted by Crippen LogP contribution is -2.06. The quantitative estimate of drug-likeness (QED) is 0.710. The highest BCUT2D eigenvalue weighted by Crippen LogP contribution is 2.71. The van der Waals surface area contributed by atoms with Crippen LogP contribution in [0.1, 0.15) is 18.4 Å². The fourth-order valence-electron chi connectivity index (χ4n) is 1.97. The molecule has 0 aromatic heterocycles. The normalized spacial score (nSPS) is 34.1. The van der Waals surface area contributed by atoms with Crippen molar-refractivity contribution in [2.24, 2.45) is 5.41 Å². The van der Waals surface area contributed by atoms with Crippen molar-refractivity contribution in [3.8, 4) is 0 Å². The number of alkyl halides is 3. The van der Waals surface area contributed by atoms with E-state index in [9.17, 15) is 8.78 Å². The van der Waals surface area contributed by atoms with Crippen LogP contribution in [0.2, 0.25) is 0 Å². The van der Waals surface area contributed by atoms with Gasteiger partial charge in [-0.15, -0.1) is 0 Å². The predicted octanol–water partition coefficient (Wildman–Crippen LogP) is 3.82. The molecule has 1 fully saturated rings. The van der Waals surface area contributed by atoms with Gasteiger partial charge in [-0.2, -0.15) is 0 Å². The Kier molecular flexibility index (Phi) is 2.18. The van der Waals surface area contributed by atoms with E-state index in [1.54, 1.807) is 31.2 Å². The smallest absolute Gasteiger partial charge is 0.205 e. The van der Waals surface area contributed by atoms with Gasteiger partial charge in [0.1, 0.15) is 0 Å². The number of rotatable bonds is 2. The van der Waals surface area contributed by atoms with Crippen LogP contribution in [0.25, 0.3) is 0 Å². The zero-order valence-corrected chi connectivity index (χ0v) is 9.39. The van der Waals surface area contributed by atoms with Gasteiger partial charge in [-0.1, -0.05) is 53.2 Å². The van der Waals surface area contributed by atoms with E-state index in [0.29, 0.717) is 5.33 Å². The lowest BCUT2D eigenvalue weighted by molar-refractivity contribution is 0.0743. The molecular formula is C11H11BrF2. The van der Waals surface area contributed by atoms with Crippen molar-refractivity contribution in [3.05, 3.63) is 35.9 Å². The van der Waals surface area contributed by atoms with Crippen molar-refractivity contribution in [2.75, 3.05) is 5.33 Å². The van der Waals surface area contributed by atoms with Gasteiger partial charge in [-0.05, 0) is 5.56 Å². The predicted molar refractivity (Wildman–Crippen MR) is 56.0 cm³/mol. The van der Waals surface area contributed by atoms with E-state index in [4.69, 9.17) is 0 Å². The van der Waals surface area contributed by atoms with Crippen molar-refractivity contribution >= 4 is 15.9 Å². The van der Waals surface area contributed by atoms with Crippen LogP contribution in [0.5, 0.6) is 0 Å². The van der Waals surface area contributed by atoms with Gasteiger partial charge in [0.05, 0.1) is 11.3 Å². The molecule has 0 nitrogen and oxygen atoms in total. The zero-order valence-electron chi connectivity index (χ0n) is 7.81. The second kappa shape index (κ2) is 3.02. The maximum absolute atomic E-state index is 13.5. The largest absolute Gasteiger partial charge is 0.262 e. The summed E-state index contributed by atoms with van der Waals surface area (Å²) < 4.78 is 27.0. The first kappa shape index (κ1) is 10.1. The minimum atomic E-state index is -2.57. The van der Waals surface area contributed by atoms with Crippen molar-refractivity contribution in [1.29, 1.82) is 0 Å². The van der Waals surface area contributed by atoms with Gasteiger partial charge >= 0.3 is 0 Å². The highest BCUT2D eigenvalue weighted by molar-refractivity contribution is 9.09. The standard InChI is InChI=1S/C11H11BrF2/c1-10(7-12)9(11(10,13)14)8-5-3-2-4-6-8/h2-6,9H,7H2,1H3/t9-,10+/m1/s1. The minimum Gasteiger partial charge on any atom is -0.205 e. The molecule has 0 bridgehead atoms. The summed E-state index contributed by atoms with van der Waals surface area (Å²) in [6, 6.07) is 8.99. The van der Waals surface area contributed by atoms with Crippen LogP contribution >= 0.6 is 15.9 Å². The van der Waals surface area contributed by atoms with Crippen molar-refractivity contribution in [2.45, 2.75) is 18.8 Å². The number of benzene rings is 1. The van der Waals surface area contributed by atoms with Gasteiger partial charge in [0.2, 0.25) is 0 Å². The fourth-order valence-corrected chi connectivity index (χ4v) is 2.67. The molecule has 1 aliphatic rings. The molecule has 1 aliphatic carbocycles. The molecular weight excluding hydrogens is 250 g/mol. The number of hydrogen-bond acceptors (Lipinski definition) is 0. The molecule has 1 aromatic rings. The molecule has 2 atom stereocenters. The van der Waals surface area contributed by atoms with Crippen molar-refractivity contribution in [1.82, 2.24) is 0 Å². The van der Waals surface area contributed by atoms with Crippen molar-refractivity contribution < 1.29 is 8.78 Å². The highest BCUT2D eigenvalue weighted by Gasteiger charge is 2.77. The SMILES string of the molecule is C[C@]1(CBr)[C@@H](c2ccccc2)C1(F)F. The Labute approximate surface area is 90.4 Å². The lowest BCUT2D eigenvalue weighted by Gasteiger charge is -2.03. The third-order valence-electron chi connectivity index (χ3n) is 3.09. The van der Waals surface area contributed by atoms with Gasteiger partial charge in [-0.25, -0.2) is 8.78 Å². The molecule has 0 aliphatic heterocycles. The van der Waals surface area contributed by atoms with Crippen molar-refractivity contribution in [3.63, 3.8) is 0 Å². The first-order valence-electron chi connectivity index (χ1n) is 4.53. The van der Waals surface area contributed by atoms with Crippen LogP contribution in [0.4, 0.5) is 8.78 Å². The van der Waals surface area contributed by atoms with Crippen LogP contribution in [-0.2, 0) is 0 Å². The highest BCUT2D eigenvalue weighted by atomic mass is 79.9. The fraction of sp³-hybridized carbons (Fsp3) is 0.455. The summed E-state index contributed by atoms with van der Waals surface area (Å²) >= 11 is 3.17. The molecule has 0 unspecified atom stereocenters. The summed E-state index contributed by atoms with van der Waals surface area (Å²) in [6.07, 6.45) is 0. The number of hydrogen-bond donors (Lipinski definition) is 0. The van der Waals surface area contributed by atoms with E-state index in [1.165, 1.54) is 0 Å². The Hall–Kier alpha value is -0.440. The Morgan fingerprint density at radius 2 is 1.86 bits per heavy atom. The minimum absolute atomic E-state index is 0.340. The lowest BCUT2D eigenvalue weighted by atomic mass is 10.0. The van der Waals surface area contributed by atoms with E-state index in [-0.39, 0.29) is 0 Å². The molecule has 0 N–H and O–H groups in total. The molecule has 0 saturated heterocycles. The summed E-state index contributed by atoms with van der Waals surface area (Å²) in [6.45, 7) is 1.62. The molecule has 1 aromatic carbocycles. The molecule has 14 heavy (non-hydrogen) atoms. The Morgan fingerprint density at radius 1 is 1.29 bits per heavy atom. The second-order valence-corrected chi connectivity index (χ2v) is 4.58. The van der Waals surface area contributed by atoms with Crippen LogP contribution in [0, 0.1) is 5.41 Å². The van der Waals surface area contributed by atoms with Crippen LogP contribution in [0.15, 0.2) is 30.3 Å². The maximum Gasteiger partial charge on any atom is 0.262 e. The average molecular weight is 261 g/mol. The topological polar surface area (TPSA) is 0 Å². The average Bonchev–Trinajstić information content (AvgIpc) is 2.63. The van der Waals surface area contributed by atoms with Gasteiger partial charge in [0.15, 0.2) is 0 Å². The molecule has 0 heterocycles. The van der Waals surface area contributed by atoms with E-state index in [2.05, 4.69) is 15.9 Å². The van der Waals surface area contributed by atoms with Crippen LogP contribution in [-0.4, -0.2) is 11.3 Å². The Bertz CT molecular complexity index is 336. The molecule has 1 saturated carbocycles. The summed E-state index contributed by atoms with van der Waals surface area (Å²) in [4.78, 5) is 0. The molecule has 0 amide bonds. The number of halogens is 3. The maximum atomic E-state index is 13.5. The molecule has 76 valence electrons. The van der Waals surface area contributed by atoms with Crippen LogP contribution in [0.3, 0.4) is 0 Å². The first-order chi connectivity index (χ1) is 6.54. The van der Waals surface area contributed by atoms with E-state index < -0.39 is 17.3 Å². The molecule has 3 heteroatoms. The summed E-state index contributed by atoms with van der Waals surface area (Å²) in [5, 5.41) is 0.340. The molecule has 2 rings (SSSR count). The second-order valence-electron chi connectivity index (χ2n) is 4.02. The summed E-state index contributed by atoms with van der Waals surface area (Å²) in [5.41, 5.74) is -0.173. The van der Waals surface area contributed by atoms with E-state index >= 15 is 0 Å². The zero-order chi connectivity index (χ0) is 10.4. The van der Waals surface area contributed by atoms with E-state index in [0.717, 1.165) is 5.56 Å². The van der Waals surface area contributed by atoms with Gasteiger partial charge in [-0.3, -0.25) is 0 Å². The first-order valence-corrected chi connectivity index (χ1v) is 5.65. The van der Waals surface area contributed by atoms with Gasteiger partial charge < -0.3 is 0 Å². The van der Waals surface area contributed by atoms with Crippen LogP contribution < -0.4 is 0 Å². The summed E-state index contributed by atoms with van der Waals surface area (Å²) in [7, 11) is 0. The van der Waals surface area contributed by atoms with Gasteiger partial charge in [0.25, 0.3) is 5.92 Å². The van der Waals surface area contributed by atoms with Gasteiger partial charge in [0, 0.05) is 5.33 Å². The summed E-state index contributed by atoms with van der Waals surface area (Å²) in [5.74, 6) is -3.20. The Morgan fingerprint density at radius 3 is 2.29 bits per heavy atom. The Balaban J connectivity index is 2.32. The third-order valence-corrected chi connectivity index (χ3v) is 4.25. The molecule has 0 spiro atoms. The third kappa shape index (κ3) is 1.14. The van der Waals surface area contributed by atoms with E-state index in [1.807, 2.05) is 6.07 Å².